The number of aliphatic imine (C=N–C) groups is 1. The molecule has 0 radical (unpaired) electrons. The van der Waals surface area contributed by atoms with Crippen molar-refractivity contribution in [1.29, 1.82) is 0 Å². The van der Waals surface area contributed by atoms with E-state index in [2.05, 4.69) is 20.2 Å². The molecule has 0 amide bonds. The van der Waals surface area contributed by atoms with Crippen LogP contribution in [0.4, 0.5) is 5.82 Å². The maximum Gasteiger partial charge on any atom is 0.184 e. The Labute approximate surface area is 67.7 Å². The molecule has 0 fully saturated rings. The van der Waals surface area contributed by atoms with Gasteiger partial charge in [0, 0.05) is 29.4 Å². The Bertz CT molecular complexity index is 476. The second kappa shape index (κ2) is 1.85. The molecule has 0 unspecified atom stereocenters. The molecule has 0 spiro atoms. The highest BCUT2D eigenvalue weighted by Gasteiger charge is 2.07. The largest absolute Gasteiger partial charge is 0.263 e. The van der Waals surface area contributed by atoms with Gasteiger partial charge in [0.1, 0.15) is 0 Å². The summed E-state index contributed by atoms with van der Waals surface area (Å²) in [6, 6.07) is 0. The third-order valence-electron chi connectivity index (χ3n) is 1.92. The number of aromatic nitrogens is 1. The van der Waals surface area contributed by atoms with Crippen LogP contribution in [0.3, 0.4) is 0 Å². The van der Waals surface area contributed by atoms with Crippen LogP contribution >= 0.6 is 0 Å². The molecule has 4 nitrogen and oxygen atoms in total. The van der Waals surface area contributed by atoms with Gasteiger partial charge in [0.2, 0.25) is 0 Å². The molecule has 0 saturated heterocycles. The number of hydrogen-bond donors (Lipinski definition) is 0. The molecule has 56 valence electrons. The number of pyridine rings is 1. The Morgan fingerprint density at radius 3 is 3.08 bits per heavy atom. The van der Waals surface area contributed by atoms with Crippen LogP contribution in [0.1, 0.15) is 5.56 Å². The van der Waals surface area contributed by atoms with Crippen LogP contribution in [0.25, 0.3) is 12.4 Å². The zero-order valence-corrected chi connectivity index (χ0v) is 6.10. The fraction of sp³-hybridized carbons (Fsp3) is 0. The summed E-state index contributed by atoms with van der Waals surface area (Å²) in [6.07, 6.45) is 7.07. The van der Waals surface area contributed by atoms with E-state index in [1.165, 1.54) is 0 Å². The summed E-state index contributed by atoms with van der Waals surface area (Å²) in [5.74, 6) is 0.690. The molecular weight excluding hydrogens is 152 g/mol. The molecule has 0 aromatic carbocycles. The molecule has 12 heavy (non-hydrogen) atoms. The van der Waals surface area contributed by atoms with E-state index in [0.717, 1.165) is 16.0 Å². The fourth-order valence-corrected chi connectivity index (χ4v) is 1.33. The summed E-state index contributed by atoms with van der Waals surface area (Å²) in [5, 5.41) is 9.70. The van der Waals surface area contributed by atoms with Gasteiger partial charge < -0.3 is 0 Å². The van der Waals surface area contributed by atoms with Crippen LogP contribution in [-0.2, 0) is 0 Å². The second-order valence-corrected chi connectivity index (χ2v) is 2.62. The van der Waals surface area contributed by atoms with Crippen molar-refractivity contribution in [3.8, 4) is 0 Å². The number of nitrogens with zero attached hydrogens (tertiary/aromatic N) is 4. The minimum atomic E-state index is 0.690. The van der Waals surface area contributed by atoms with Crippen molar-refractivity contribution in [3.05, 3.63) is 22.2 Å². The van der Waals surface area contributed by atoms with Gasteiger partial charge in [-0.2, -0.15) is 5.11 Å². The van der Waals surface area contributed by atoms with Gasteiger partial charge in [0.15, 0.2) is 5.82 Å². The topological polar surface area (TPSA) is 50.0 Å². The Balaban J connectivity index is 2.58. The van der Waals surface area contributed by atoms with E-state index in [1.54, 1.807) is 18.6 Å². The summed E-state index contributed by atoms with van der Waals surface area (Å²) in [5.41, 5.74) is 1.04. The van der Waals surface area contributed by atoms with E-state index in [0.29, 0.717) is 5.82 Å². The van der Waals surface area contributed by atoms with Gasteiger partial charge in [0.05, 0.1) is 11.4 Å². The monoisotopic (exact) mass is 156 g/mol. The molecule has 0 saturated carbocycles. The van der Waals surface area contributed by atoms with Crippen LogP contribution < -0.4 is 10.4 Å². The quantitative estimate of drug-likeness (QED) is 0.525. The first-order chi connectivity index (χ1) is 5.95. The number of hydrogen-bond acceptors (Lipinski definition) is 4. The van der Waals surface area contributed by atoms with Crippen molar-refractivity contribution in [2.45, 2.75) is 0 Å². The maximum atomic E-state index is 4.13. The van der Waals surface area contributed by atoms with Gasteiger partial charge in [-0.1, -0.05) is 0 Å². The lowest BCUT2D eigenvalue weighted by Crippen LogP contribution is -2.26. The average Bonchev–Trinajstić information content (AvgIpc) is 2.71. The van der Waals surface area contributed by atoms with E-state index < -0.39 is 0 Å². The Kier molecular flexibility index (Phi) is 0.889. The van der Waals surface area contributed by atoms with Gasteiger partial charge in [-0.05, 0) is 0 Å². The van der Waals surface area contributed by atoms with Crippen molar-refractivity contribution in [2.24, 2.45) is 15.2 Å². The van der Waals surface area contributed by atoms with E-state index in [9.17, 15) is 0 Å². The average molecular weight is 156 g/mol. The third-order valence-corrected chi connectivity index (χ3v) is 1.92. The van der Waals surface area contributed by atoms with Gasteiger partial charge in [0.25, 0.3) is 0 Å². The lowest BCUT2D eigenvalue weighted by molar-refractivity contribution is 1.19. The van der Waals surface area contributed by atoms with E-state index in [1.807, 2.05) is 6.20 Å². The van der Waals surface area contributed by atoms with Crippen LogP contribution in [-0.4, -0.2) is 11.2 Å². The highest BCUT2D eigenvalue weighted by Crippen LogP contribution is 2.05. The molecule has 2 aliphatic heterocycles. The Hall–Kier alpha value is -1.84. The van der Waals surface area contributed by atoms with Gasteiger partial charge >= 0.3 is 0 Å². The Morgan fingerprint density at radius 1 is 1.08 bits per heavy atom. The summed E-state index contributed by atoms with van der Waals surface area (Å²) < 4.78 is 0. The van der Waals surface area contributed by atoms with Gasteiger partial charge in [-0.15, -0.1) is 5.11 Å². The summed E-state index contributed by atoms with van der Waals surface area (Å²) in [6.45, 7) is 0. The van der Waals surface area contributed by atoms with Crippen molar-refractivity contribution >= 4 is 24.4 Å². The zero-order chi connectivity index (χ0) is 7.97. The first-order valence-corrected chi connectivity index (χ1v) is 3.58. The molecule has 0 aliphatic carbocycles. The lowest BCUT2D eigenvalue weighted by Gasteiger charge is -1.90. The van der Waals surface area contributed by atoms with E-state index >= 15 is 0 Å². The first kappa shape index (κ1) is 5.77. The predicted molar refractivity (Wildman–Crippen MR) is 44.5 cm³/mol. The Morgan fingerprint density at radius 2 is 2.08 bits per heavy atom. The number of fused-ring (bicyclic) bond motifs is 3. The van der Waals surface area contributed by atoms with Crippen LogP contribution in [0.2, 0.25) is 0 Å². The van der Waals surface area contributed by atoms with E-state index in [4.69, 9.17) is 0 Å². The maximum absolute atomic E-state index is 4.13. The van der Waals surface area contributed by atoms with Gasteiger partial charge in [-0.3, -0.25) is 4.99 Å². The van der Waals surface area contributed by atoms with Crippen LogP contribution in [0.5, 0.6) is 0 Å². The smallest absolute Gasteiger partial charge is 0.184 e. The fourth-order valence-electron chi connectivity index (χ4n) is 1.33. The highest BCUT2D eigenvalue weighted by molar-refractivity contribution is 5.85. The molecule has 1 aromatic heterocycles. The van der Waals surface area contributed by atoms with Crippen LogP contribution in [0, 0.1) is 0 Å². The summed E-state index contributed by atoms with van der Waals surface area (Å²) in [7, 11) is 0. The zero-order valence-electron chi connectivity index (χ0n) is 6.10. The van der Waals surface area contributed by atoms with Crippen molar-refractivity contribution < 1.29 is 0 Å². The summed E-state index contributed by atoms with van der Waals surface area (Å²) in [4.78, 5) is 8.16. The highest BCUT2D eigenvalue weighted by atomic mass is 15.2. The molecule has 3 rings (SSSR count). The molecule has 4 heteroatoms. The van der Waals surface area contributed by atoms with E-state index in [-0.39, 0.29) is 0 Å². The first-order valence-electron chi connectivity index (χ1n) is 3.58. The SMILES string of the molecule is C1=NC=c2c1cnc1c2=CN=N1. The molecular formula is C8H4N4. The number of rotatable bonds is 0. The van der Waals surface area contributed by atoms with Crippen molar-refractivity contribution in [2.75, 3.05) is 0 Å². The normalized spacial score (nSPS) is 15.3. The van der Waals surface area contributed by atoms with Crippen molar-refractivity contribution in [3.63, 3.8) is 0 Å². The standard InChI is InChI=1S/C8H4N4/c1-5-2-10-8-7(4-11-12-8)6(5)3-9-1/h1-4H. The molecule has 0 atom stereocenters. The predicted octanol–water partition coefficient (Wildman–Crippen LogP) is 0.0874. The molecule has 1 aromatic rings. The molecule has 0 bridgehead atoms. The van der Waals surface area contributed by atoms with Crippen LogP contribution in [0.15, 0.2) is 21.4 Å². The minimum Gasteiger partial charge on any atom is -0.263 e. The third kappa shape index (κ3) is 0.567. The molecule has 3 heterocycles. The number of azo groups is 1. The molecule has 2 aliphatic rings. The second-order valence-electron chi connectivity index (χ2n) is 2.62. The van der Waals surface area contributed by atoms with Gasteiger partial charge in [-0.25, -0.2) is 4.98 Å². The summed E-state index contributed by atoms with van der Waals surface area (Å²) >= 11 is 0. The van der Waals surface area contributed by atoms with Crippen molar-refractivity contribution in [1.82, 2.24) is 4.98 Å². The molecule has 0 N–H and O–H groups in total. The lowest BCUT2D eigenvalue weighted by atomic mass is 10.2. The minimum absolute atomic E-state index is 0.690.